The lowest BCUT2D eigenvalue weighted by Gasteiger charge is -2.55. The lowest BCUT2D eigenvalue weighted by molar-refractivity contribution is -0.133. The molecular formula is C19H21N5O2. The van der Waals surface area contributed by atoms with Gasteiger partial charge in [0.1, 0.15) is 12.1 Å². The molecule has 1 spiro atoms. The first-order valence-corrected chi connectivity index (χ1v) is 9.04. The number of para-hydroxylation sites is 1. The Bertz CT molecular complexity index is 920. The van der Waals surface area contributed by atoms with Crippen molar-refractivity contribution in [2.75, 3.05) is 18.5 Å². The quantitative estimate of drug-likeness (QED) is 0.752. The Morgan fingerprint density at radius 2 is 1.96 bits per heavy atom. The molecule has 2 atom stereocenters. The van der Waals surface area contributed by atoms with Gasteiger partial charge in [-0.2, -0.15) is 5.10 Å². The summed E-state index contributed by atoms with van der Waals surface area (Å²) in [5.41, 5.74) is 1.63. The van der Waals surface area contributed by atoms with Gasteiger partial charge >= 0.3 is 0 Å². The fourth-order valence-electron chi connectivity index (χ4n) is 4.28. The molecule has 0 amide bonds. The van der Waals surface area contributed by atoms with Gasteiger partial charge in [-0.25, -0.2) is 14.6 Å². The summed E-state index contributed by atoms with van der Waals surface area (Å²) in [5.74, 6) is 0.778. The zero-order valence-corrected chi connectivity index (χ0v) is 14.4. The van der Waals surface area contributed by atoms with Gasteiger partial charge in [-0.15, -0.1) is 0 Å². The number of aromatic nitrogens is 4. The number of aliphatic hydroxyl groups excluding tert-OH is 1. The topological polar surface area (TPSA) is 85.1 Å². The van der Waals surface area contributed by atoms with E-state index in [1.54, 1.807) is 12.5 Å². The molecule has 26 heavy (non-hydrogen) atoms. The van der Waals surface area contributed by atoms with Crippen molar-refractivity contribution in [3.05, 3.63) is 42.9 Å². The highest BCUT2D eigenvalue weighted by Gasteiger charge is 2.55. The maximum atomic E-state index is 10.4. The Labute approximate surface area is 151 Å². The van der Waals surface area contributed by atoms with E-state index in [4.69, 9.17) is 4.74 Å². The van der Waals surface area contributed by atoms with Crippen molar-refractivity contribution in [2.45, 2.75) is 31.4 Å². The molecule has 2 N–H and O–H groups in total. The summed E-state index contributed by atoms with van der Waals surface area (Å²) in [6, 6.07) is 10.1. The monoisotopic (exact) mass is 351 g/mol. The van der Waals surface area contributed by atoms with Crippen LogP contribution in [0.1, 0.15) is 19.3 Å². The standard InChI is InChI=1S/C19H21N5O2/c25-16-10-15(19(16)6-8-26-9-7-19)23-17-14-11-22-24(18(14)21-12-20-17)13-4-2-1-3-5-13/h1-5,11-12,15-16,25H,6-10H2,(H,20,21,23)/t15-,16-/m1/s1. The zero-order chi connectivity index (χ0) is 17.6. The summed E-state index contributed by atoms with van der Waals surface area (Å²) < 4.78 is 7.31. The molecule has 2 aromatic heterocycles. The van der Waals surface area contributed by atoms with Crippen molar-refractivity contribution in [1.29, 1.82) is 0 Å². The van der Waals surface area contributed by atoms with Crippen molar-refractivity contribution < 1.29 is 9.84 Å². The number of nitrogens with one attached hydrogen (secondary N) is 1. The number of hydrogen-bond donors (Lipinski definition) is 2. The molecule has 7 heteroatoms. The van der Waals surface area contributed by atoms with Crippen LogP contribution in [-0.2, 0) is 4.74 Å². The Morgan fingerprint density at radius 3 is 2.73 bits per heavy atom. The molecule has 1 aliphatic carbocycles. The smallest absolute Gasteiger partial charge is 0.168 e. The third-order valence-corrected chi connectivity index (χ3v) is 5.92. The van der Waals surface area contributed by atoms with Crippen LogP contribution in [0.2, 0.25) is 0 Å². The van der Waals surface area contributed by atoms with Crippen LogP contribution < -0.4 is 5.32 Å². The van der Waals surface area contributed by atoms with E-state index in [-0.39, 0.29) is 17.6 Å². The predicted molar refractivity (Wildman–Crippen MR) is 97.2 cm³/mol. The molecule has 0 radical (unpaired) electrons. The van der Waals surface area contributed by atoms with E-state index in [0.29, 0.717) is 13.2 Å². The van der Waals surface area contributed by atoms with E-state index < -0.39 is 0 Å². The van der Waals surface area contributed by atoms with Gasteiger partial charge in [-0.05, 0) is 31.4 Å². The second-order valence-electron chi connectivity index (χ2n) is 7.15. The van der Waals surface area contributed by atoms with E-state index in [0.717, 1.165) is 41.8 Å². The van der Waals surface area contributed by atoms with E-state index >= 15 is 0 Å². The van der Waals surface area contributed by atoms with Crippen molar-refractivity contribution in [3.63, 3.8) is 0 Å². The minimum atomic E-state index is -0.270. The average molecular weight is 351 g/mol. The number of rotatable bonds is 3. The van der Waals surface area contributed by atoms with Crippen LogP contribution in [-0.4, -0.2) is 50.2 Å². The number of fused-ring (bicyclic) bond motifs is 1. The fraction of sp³-hybridized carbons (Fsp3) is 0.421. The molecule has 3 aromatic rings. The summed E-state index contributed by atoms with van der Waals surface area (Å²) in [6.07, 6.45) is 5.59. The van der Waals surface area contributed by atoms with Crippen LogP contribution >= 0.6 is 0 Å². The molecule has 3 heterocycles. The van der Waals surface area contributed by atoms with E-state index in [9.17, 15) is 5.11 Å². The molecular weight excluding hydrogens is 330 g/mol. The van der Waals surface area contributed by atoms with E-state index in [1.807, 2.05) is 35.0 Å². The molecule has 1 saturated heterocycles. The van der Waals surface area contributed by atoms with Gasteiger partial charge in [0.05, 0.1) is 23.4 Å². The molecule has 2 fully saturated rings. The van der Waals surface area contributed by atoms with Gasteiger partial charge in [0.2, 0.25) is 0 Å². The van der Waals surface area contributed by atoms with Crippen LogP contribution in [0.3, 0.4) is 0 Å². The maximum absolute atomic E-state index is 10.4. The number of hydrogen-bond acceptors (Lipinski definition) is 6. The second-order valence-corrected chi connectivity index (χ2v) is 7.15. The Morgan fingerprint density at radius 1 is 1.15 bits per heavy atom. The second kappa shape index (κ2) is 6.03. The highest BCUT2D eigenvalue weighted by atomic mass is 16.5. The summed E-state index contributed by atoms with van der Waals surface area (Å²) in [6.45, 7) is 1.42. The van der Waals surface area contributed by atoms with E-state index in [1.165, 1.54) is 0 Å². The number of nitrogens with zero attached hydrogens (tertiary/aromatic N) is 4. The zero-order valence-electron chi connectivity index (χ0n) is 14.4. The largest absolute Gasteiger partial charge is 0.392 e. The lowest BCUT2D eigenvalue weighted by atomic mass is 9.58. The molecule has 134 valence electrons. The maximum Gasteiger partial charge on any atom is 0.168 e. The molecule has 0 bridgehead atoms. The third-order valence-electron chi connectivity index (χ3n) is 5.92. The van der Waals surface area contributed by atoms with E-state index in [2.05, 4.69) is 20.4 Å². The predicted octanol–water partition coefficient (Wildman–Crippen LogP) is 2.16. The van der Waals surface area contributed by atoms with Crippen molar-refractivity contribution in [3.8, 4) is 5.69 Å². The highest BCUT2D eigenvalue weighted by molar-refractivity contribution is 5.87. The first-order valence-electron chi connectivity index (χ1n) is 9.04. The van der Waals surface area contributed by atoms with Gasteiger partial charge in [0.15, 0.2) is 5.65 Å². The number of aliphatic hydroxyl groups is 1. The molecule has 2 aliphatic rings. The summed E-state index contributed by atoms with van der Waals surface area (Å²) in [7, 11) is 0. The fourth-order valence-corrected chi connectivity index (χ4v) is 4.28. The average Bonchev–Trinajstić information content (AvgIpc) is 3.14. The normalized spacial score (nSPS) is 24.5. The van der Waals surface area contributed by atoms with Crippen LogP contribution in [0.15, 0.2) is 42.9 Å². The molecule has 1 aromatic carbocycles. The Hall–Kier alpha value is -2.51. The minimum Gasteiger partial charge on any atom is -0.392 e. The SMILES string of the molecule is O[C@@H]1C[C@@H](Nc2ncnc3c2cnn3-c2ccccc2)C12CCOCC2. The van der Waals surface area contributed by atoms with Crippen molar-refractivity contribution in [1.82, 2.24) is 19.7 Å². The molecule has 7 nitrogen and oxygen atoms in total. The van der Waals surface area contributed by atoms with Gasteiger partial charge in [0.25, 0.3) is 0 Å². The van der Waals surface area contributed by atoms with Crippen molar-refractivity contribution in [2.24, 2.45) is 5.41 Å². The van der Waals surface area contributed by atoms with Gasteiger partial charge in [-0.3, -0.25) is 0 Å². The number of anilines is 1. The summed E-state index contributed by atoms with van der Waals surface area (Å²) in [5, 5.41) is 19.3. The van der Waals surface area contributed by atoms with Crippen LogP contribution in [0.25, 0.3) is 16.7 Å². The van der Waals surface area contributed by atoms with Gasteiger partial charge < -0.3 is 15.2 Å². The molecule has 5 rings (SSSR count). The first-order chi connectivity index (χ1) is 12.8. The Kier molecular flexibility index (Phi) is 3.65. The van der Waals surface area contributed by atoms with Crippen molar-refractivity contribution >= 4 is 16.9 Å². The minimum absolute atomic E-state index is 0.106. The summed E-state index contributed by atoms with van der Waals surface area (Å²) in [4.78, 5) is 8.88. The summed E-state index contributed by atoms with van der Waals surface area (Å²) >= 11 is 0. The third kappa shape index (κ3) is 2.31. The van der Waals surface area contributed by atoms with Gasteiger partial charge in [-0.1, -0.05) is 18.2 Å². The van der Waals surface area contributed by atoms with Crippen LogP contribution in [0.5, 0.6) is 0 Å². The lowest BCUT2D eigenvalue weighted by Crippen LogP contribution is -2.62. The first kappa shape index (κ1) is 15.7. The van der Waals surface area contributed by atoms with Crippen LogP contribution in [0.4, 0.5) is 5.82 Å². The van der Waals surface area contributed by atoms with Gasteiger partial charge in [0, 0.05) is 24.7 Å². The number of benzene rings is 1. The highest BCUT2D eigenvalue weighted by Crippen LogP contribution is 2.50. The van der Waals surface area contributed by atoms with Crippen LogP contribution in [0, 0.1) is 5.41 Å². The Balaban J connectivity index is 1.48. The molecule has 1 saturated carbocycles. The molecule has 1 aliphatic heterocycles. The number of ether oxygens (including phenoxy) is 1. The molecule has 0 unspecified atom stereocenters.